The van der Waals surface area contributed by atoms with Crippen molar-refractivity contribution in [2.45, 2.75) is 31.4 Å². The average molecular weight is 308 g/mol. The van der Waals surface area contributed by atoms with Crippen LogP contribution in [0, 0.1) is 0 Å². The molecule has 0 aliphatic rings. The van der Waals surface area contributed by atoms with Gasteiger partial charge in [0.25, 0.3) is 0 Å². The van der Waals surface area contributed by atoms with Gasteiger partial charge in [-0.1, -0.05) is 0 Å². The topological polar surface area (TPSA) is 223 Å². The van der Waals surface area contributed by atoms with Gasteiger partial charge in [0.2, 0.25) is 0 Å². The largest absolute Gasteiger partial charge is 0.481 e. The highest BCUT2D eigenvalue weighted by Crippen LogP contribution is 1.94. The van der Waals surface area contributed by atoms with Crippen LogP contribution in [0.4, 0.5) is 0 Å². The Morgan fingerprint density at radius 1 is 1.05 bits per heavy atom. The summed E-state index contributed by atoms with van der Waals surface area (Å²) in [6.07, 6.45) is -1.59. The molecule has 122 valence electrons. The highest BCUT2D eigenvalue weighted by Gasteiger charge is 2.16. The molecule has 0 aromatic rings. The van der Waals surface area contributed by atoms with Crippen molar-refractivity contribution in [3.05, 3.63) is 0 Å². The Labute approximate surface area is 120 Å². The third-order valence-corrected chi connectivity index (χ3v) is 1.94. The van der Waals surface area contributed by atoms with Gasteiger partial charge in [-0.3, -0.25) is 14.6 Å². The van der Waals surface area contributed by atoms with Crippen molar-refractivity contribution >= 4 is 23.9 Å². The van der Waals surface area contributed by atoms with Crippen molar-refractivity contribution in [3.8, 4) is 0 Å². The molecule has 0 aromatic carbocycles. The maximum absolute atomic E-state index is 10.2. The molecule has 21 heavy (non-hydrogen) atoms. The van der Waals surface area contributed by atoms with Gasteiger partial charge in [0.05, 0.1) is 6.42 Å². The first-order valence-electron chi connectivity index (χ1n) is 5.74. The molecule has 0 aliphatic heterocycles. The smallest absolute Gasteiger partial charge is 0.333 e. The summed E-state index contributed by atoms with van der Waals surface area (Å²) in [7, 11) is 0. The van der Waals surface area contributed by atoms with Gasteiger partial charge in [0, 0.05) is 6.54 Å². The molecular weight excluding hydrogens is 288 g/mol. The second-order valence-electron chi connectivity index (χ2n) is 3.85. The summed E-state index contributed by atoms with van der Waals surface area (Å²) in [6.45, 7) is 0.420. The molecule has 2 atom stereocenters. The van der Waals surface area contributed by atoms with Gasteiger partial charge in [0.15, 0.2) is 12.1 Å². The zero-order chi connectivity index (χ0) is 17.0. The van der Waals surface area contributed by atoms with Crippen LogP contribution in [0.2, 0.25) is 0 Å². The fourth-order valence-electron chi connectivity index (χ4n) is 0.896. The van der Waals surface area contributed by atoms with E-state index in [0.717, 1.165) is 0 Å². The van der Waals surface area contributed by atoms with Crippen LogP contribution in [-0.4, -0.2) is 63.0 Å². The molecule has 0 fully saturated rings. The summed E-state index contributed by atoms with van der Waals surface area (Å²) in [5, 5.41) is 32.5. The number of carbonyl (C=O) groups is 3. The van der Waals surface area contributed by atoms with Gasteiger partial charge < -0.3 is 37.6 Å². The summed E-state index contributed by atoms with van der Waals surface area (Å²) in [5.74, 6) is -3.83. The molecule has 0 rings (SSSR count). The molecule has 10 N–H and O–H groups in total. The van der Waals surface area contributed by atoms with Gasteiger partial charge in [-0.25, -0.2) is 4.79 Å². The number of aliphatic imine (C=N–C) groups is 1. The maximum atomic E-state index is 10.2. The molecule has 11 heteroatoms. The van der Waals surface area contributed by atoms with Crippen molar-refractivity contribution in [2.24, 2.45) is 22.2 Å². The van der Waals surface area contributed by atoms with E-state index in [0.29, 0.717) is 19.4 Å². The van der Waals surface area contributed by atoms with Gasteiger partial charge in [-0.05, 0) is 12.8 Å². The second-order valence-corrected chi connectivity index (χ2v) is 3.85. The Hall–Kier alpha value is -2.40. The van der Waals surface area contributed by atoms with E-state index in [9.17, 15) is 14.4 Å². The number of nitrogens with two attached hydrogens (primary N) is 3. The summed E-state index contributed by atoms with van der Waals surface area (Å²) >= 11 is 0. The lowest BCUT2D eigenvalue weighted by molar-refractivity contribution is -0.152. The van der Waals surface area contributed by atoms with Crippen LogP contribution in [0.25, 0.3) is 0 Å². The number of carboxylic acids is 3. The van der Waals surface area contributed by atoms with Crippen LogP contribution in [0.1, 0.15) is 19.3 Å². The number of hydrogen-bond acceptors (Lipinski definition) is 6. The van der Waals surface area contributed by atoms with E-state index >= 15 is 0 Å². The van der Waals surface area contributed by atoms with Crippen LogP contribution < -0.4 is 17.2 Å². The Bertz CT molecular complexity index is 382. The molecule has 11 nitrogen and oxygen atoms in total. The van der Waals surface area contributed by atoms with Gasteiger partial charge in [0.1, 0.15) is 6.04 Å². The second kappa shape index (κ2) is 11.4. The van der Waals surface area contributed by atoms with E-state index < -0.39 is 36.5 Å². The number of nitrogens with zero attached hydrogens (tertiary/aromatic N) is 1. The minimum Gasteiger partial charge on any atom is -0.481 e. The number of aliphatic hydroxyl groups excluding tert-OH is 1. The average Bonchev–Trinajstić information content (AvgIpc) is 2.33. The number of carboxylic acid groups (broad SMARTS) is 3. The zero-order valence-electron chi connectivity index (χ0n) is 11.2. The fourth-order valence-corrected chi connectivity index (χ4v) is 0.896. The molecule has 0 radical (unpaired) electrons. The summed E-state index contributed by atoms with van der Waals surface area (Å²) in [5.41, 5.74) is 15.3. The highest BCUT2D eigenvalue weighted by atomic mass is 16.4. The Morgan fingerprint density at radius 3 is 1.86 bits per heavy atom. The minimum absolute atomic E-state index is 0.0129. The molecule has 0 bridgehead atoms. The molecule has 0 saturated carbocycles. The lowest BCUT2D eigenvalue weighted by Gasteiger charge is -2.03. The number of aliphatic carboxylic acids is 3. The van der Waals surface area contributed by atoms with Gasteiger partial charge in [-0.15, -0.1) is 0 Å². The van der Waals surface area contributed by atoms with Gasteiger partial charge >= 0.3 is 17.9 Å². The van der Waals surface area contributed by atoms with Crippen molar-refractivity contribution in [2.75, 3.05) is 6.54 Å². The Kier molecular flexibility index (Phi) is 11.4. The predicted octanol–water partition coefficient (Wildman–Crippen LogP) is -2.64. The number of aliphatic hydroxyl groups is 1. The zero-order valence-corrected chi connectivity index (χ0v) is 11.2. The number of rotatable bonds is 8. The van der Waals surface area contributed by atoms with Crippen LogP contribution >= 0.6 is 0 Å². The first-order chi connectivity index (χ1) is 9.57. The van der Waals surface area contributed by atoms with E-state index in [4.69, 9.17) is 37.6 Å². The van der Waals surface area contributed by atoms with Crippen LogP contribution in [0.5, 0.6) is 0 Å². The molecule has 0 heterocycles. The molecule has 0 amide bonds. The maximum Gasteiger partial charge on any atom is 0.333 e. The lowest BCUT2D eigenvalue weighted by Crippen LogP contribution is -2.30. The van der Waals surface area contributed by atoms with Crippen LogP contribution in [0.3, 0.4) is 0 Å². The van der Waals surface area contributed by atoms with Crippen molar-refractivity contribution in [1.82, 2.24) is 0 Å². The van der Waals surface area contributed by atoms with E-state index in [-0.39, 0.29) is 5.96 Å². The predicted molar refractivity (Wildman–Crippen MR) is 71.4 cm³/mol. The van der Waals surface area contributed by atoms with Crippen molar-refractivity contribution < 1.29 is 34.8 Å². The lowest BCUT2D eigenvalue weighted by atomic mass is 10.2. The minimum atomic E-state index is -1.79. The summed E-state index contributed by atoms with van der Waals surface area (Å²) in [6, 6.07) is -0.820. The molecule has 0 saturated heterocycles. The van der Waals surface area contributed by atoms with E-state index in [1.807, 2.05) is 0 Å². The van der Waals surface area contributed by atoms with E-state index in [1.165, 1.54) is 0 Å². The summed E-state index contributed by atoms with van der Waals surface area (Å²) < 4.78 is 0. The Morgan fingerprint density at radius 2 is 1.57 bits per heavy atom. The molecule has 0 spiro atoms. The first-order valence-corrected chi connectivity index (χ1v) is 5.74. The quantitative estimate of drug-likeness (QED) is 0.140. The van der Waals surface area contributed by atoms with Crippen molar-refractivity contribution in [1.29, 1.82) is 0 Å². The molecule has 1 unspecified atom stereocenters. The third-order valence-electron chi connectivity index (χ3n) is 1.94. The standard InChI is InChI=1S/C6H14N4O2.C4H6O5/c7-4(5(11)12)2-1-3-10-6(8)9;5-2(4(8)9)1-3(6)7/h4H,1-3,7H2,(H,11,12)(H4,8,9,10);2,5H,1H2,(H,6,7)(H,8,9)/t4-;/m0./s1. The molecule has 0 aromatic heterocycles. The first kappa shape index (κ1) is 20.9. The number of guanidine groups is 1. The fraction of sp³-hybridized carbons (Fsp3) is 0.600. The van der Waals surface area contributed by atoms with Crippen LogP contribution in [-0.2, 0) is 14.4 Å². The molecule has 0 aliphatic carbocycles. The van der Waals surface area contributed by atoms with Crippen molar-refractivity contribution in [3.63, 3.8) is 0 Å². The highest BCUT2D eigenvalue weighted by molar-refractivity contribution is 5.79. The number of hydrogen-bond donors (Lipinski definition) is 7. The van der Waals surface area contributed by atoms with E-state index in [1.54, 1.807) is 0 Å². The van der Waals surface area contributed by atoms with E-state index in [2.05, 4.69) is 4.99 Å². The molecular formula is C10H20N4O7. The van der Waals surface area contributed by atoms with Crippen LogP contribution in [0.15, 0.2) is 4.99 Å². The van der Waals surface area contributed by atoms with Gasteiger partial charge in [-0.2, -0.15) is 0 Å². The summed E-state index contributed by atoms with van der Waals surface area (Å²) in [4.78, 5) is 33.3. The normalized spacial score (nSPS) is 12.3. The SMILES string of the molecule is NC(N)=NCCC[C@H](N)C(=O)O.O=C(O)CC(O)C(=O)O. The third kappa shape index (κ3) is 15.5. The monoisotopic (exact) mass is 308 g/mol. The Balaban J connectivity index is 0.